The third-order valence-electron chi connectivity index (χ3n) is 3.76. The minimum Gasteiger partial charge on any atom is -0.477 e. The molecule has 1 amide bonds. The summed E-state index contributed by atoms with van der Waals surface area (Å²) >= 11 is 0. The number of hydrogen-bond donors (Lipinski definition) is 0. The van der Waals surface area contributed by atoms with E-state index in [0.29, 0.717) is 41.5 Å². The molecule has 0 saturated heterocycles. The van der Waals surface area contributed by atoms with E-state index in [0.717, 1.165) is 0 Å². The number of carbonyl (C=O) groups is 1. The number of carbonyl (C=O) groups excluding carboxylic acids is 1. The Labute approximate surface area is 144 Å². The molecule has 0 unspecified atom stereocenters. The fraction of sp³-hybridized carbons (Fsp3) is 0.278. The van der Waals surface area contributed by atoms with Gasteiger partial charge < -0.3 is 14.4 Å². The second kappa shape index (κ2) is 6.88. The Kier molecular flexibility index (Phi) is 4.65. The highest BCUT2D eigenvalue weighted by Crippen LogP contribution is 2.38. The molecule has 0 atom stereocenters. The lowest BCUT2D eigenvalue weighted by Crippen LogP contribution is -2.20. The molecule has 2 aromatic rings. The van der Waals surface area contributed by atoms with Crippen LogP contribution in [0, 0.1) is 5.82 Å². The molecule has 0 saturated carbocycles. The van der Waals surface area contributed by atoms with Gasteiger partial charge in [-0.15, -0.1) is 0 Å². The molecule has 0 fully saturated rings. The minimum absolute atomic E-state index is 0.203. The standard InChI is InChI=1S/C18H18FN3O3/c1-4-24-16-11(10-20-18(21-16)25-5-2)8-14-13-9-12(19)6-7-15(13)22(3)17(14)23/h6-10H,4-5H2,1-3H3/b14-8-. The Morgan fingerprint density at radius 1 is 1.24 bits per heavy atom. The zero-order valence-corrected chi connectivity index (χ0v) is 14.2. The van der Waals surface area contributed by atoms with E-state index in [1.165, 1.54) is 23.2 Å². The third kappa shape index (κ3) is 3.17. The van der Waals surface area contributed by atoms with E-state index in [1.54, 1.807) is 19.2 Å². The SMILES string of the molecule is CCOc1ncc(/C=C2\C(=O)N(C)c3ccc(F)cc32)c(OCC)n1. The smallest absolute Gasteiger partial charge is 0.319 e. The summed E-state index contributed by atoms with van der Waals surface area (Å²) in [6, 6.07) is 4.46. The molecule has 1 aliphatic heterocycles. The molecule has 1 aromatic heterocycles. The van der Waals surface area contributed by atoms with E-state index >= 15 is 0 Å². The average molecular weight is 343 g/mol. The summed E-state index contributed by atoms with van der Waals surface area (Å²) in [6.07, 6.45) is 3.14. The average Bonchev–Trinajstić information content (AvgIpc) is 2.82. The van der Waals surface area contributed by atoms with Crippen molar-refractivity contribution in [3.8, 4) is 11.9 Å². The van der Waals surface area contributed by atoms with E-state index in [4.69, 9.17) is 9.47 Å². The van der Waals surface area contributed by atoms with Gasteiger partial charge in [-0.3, -0.25) is 4.79 Å². The number of aromatic nitrogens is 2. The molecule has 0 radical (unpaired) electrons. The van der Waals surface area contributed by atoms with E-state index in [-0.39, 0.29) is 11.9 Å². The zero-order chi connectivity index (χ0) is 18.0. The molecule has 0 aliphatic carbocycles. The number of nitrogens with zero attached hydrogens (tertiary/aromatic N) is 3. The van der Waals surface area contributed by atoms with Gasteiger partial charge in [-0.2, -0.15) is 4.98 Å². The van der Waals surface area contributed by atoms with Gasteiger partial charge in [-0.1, -0.05) is 0 Å². The van der Waals surface area contributed by atoms with Crippen LogP contribution in [-0.2, 0) is 4.79 Å². The third-order valence-corrected chi connectivity index (χ3v) is 3.76. The first-order valence-electron chi connectivity index (χ1n) is 7.97. The summed E-state index contributed by atoms with van der Waals surface area (Å²) in [6.45, 7) is 4.50. The van der Waals surface area contributed by atoms with E-state index in [9.17, 15) is 9.18 Å². The molecular weight excluding hydrogens is 325 g/mol. The quantitative estimate of drug-likeness (QED) is 0.781. The van der Waals surface area contributed by atoms with Gasteiger partial charge in [0.05, 0.1) is 30.0 Å². The van der Waals surface area contributed by atoms with Crippen LogP contribution in [0.5, 0.6) is 11.9 Å². The summed E-state index contributed by atoms with van der Waals surface area (Å²) in [5.41, 5.74) is 2.08. The fourth-order valence-corrected chi connectivity index (χ4v) is 2.63. The van der Waals surface area contributed by atoms with Crippen molar-refractivity contribution in [2.75, 3.05) is 25.2 Å². The first-order valence-corrected chi connectivity index (χ1v) is 7.97. The molecule has 3 rings (SSSR count). The lowest BCUT2D eigenvalue weighted by Gasteiger charge is -2.09. The van der Waals surface area contributed by atoms with Gasteiger partial charge in [0.25, 0.3) is 5.91 Å². The number of hydrogen-bond acceptors (Lipinski definition) is 5. The Morgan fingerprint density at radius 3 is 2.72 bits per heavy atom. The van der Waals surface area contributed by atoms with Crippen LogP contribution in [0.3, 0.4) is 0 Å². The van der Waals surface area contributed by atoms with Gasteiger partial charge in [0.15, 0.2) is 0 Å². The van der Waals surface area contributed by atoms with Crippen LogP contribution in [0.1, 0.15) is 25.0 Å². The molecule has 1 aromatic carbocycles. The maximum Gasteiger partial charge on any atom is 0.319 e. The van der Waals surface area contributed by atoms with Crippen molar-refractivity contribution in [1.82, 2.24) is 9.97 Å². The number of rotatable bonds is 5. The number of anilines is 1. The van der Waals surface area contributed by atoms with Crippen molar-refractivity contribution in [3.63, 3.8) is 0 Å². The van der Waals surface area contributed by atoms with Crippen LogP contribution in [0.25, 0.3) is 11.6 Å². The van der Waals surface area contributed by atoms with Crippen LogP contribution >= 0.6 is 0 Å². The van der Waals surface area contributed by atoms with Crippen LogP contribution in [0.15, 0.2) is 24.4 Å². The van der Waals surface area contributed by atoms with E-state index in [2.05, 4.69) is 9.97 Å². The predicted molar refractivity (Wildman–Crippen MR) is 92.1 cm³/mol. The summed E-state index contributed by atoms with van der Waals surface area (Å²) in [7, 11) is 1.65. The normalized spacial score (nSPS) is 14.8. The maximum atomic E-state index is 13.6. The first-order chi connectivity index (χ1) is 12.0. The van der Waals surface area contributed by atoms with Gasteiger partial charge in [0.2, 0.25) is 5.88 Å². The van der Waals surface area contributed by atoms with Crippen LogP contribution < -0.4 is 14.4 Å². The van der Waals surface area contributed by atoms with Crippen molar-refractivity contribution >= 4 is 23.2 Å². The Morgan fingerprint density at radius 2 is 2.00 bits per heavy atom. The van der Waals surface area contributed by atoms with E-state index < -0.39 is 5.82 Å². The molecule has 0 N–H and O–H groups in total. The molecule has 130 valence electrons. The number of benzene rings is 1. The lowest BCUT2D eigenvalue weighted by molar-refractivity contribution is -0.112. The van der Waals surface area contributed by atoms with Gasteiger partial charge in [-0.25, -0.2) is 9.37 Å². The van der Waals surface area contributed by atoms with Crippen LogP contribution in [0.4, 0.5) is 10.1 Å². The summed E-state index contributed by atoms with van der Waals surface area (Å²) in [4.78, 5) is 22.4. The van der Waals surface area contributed by atoms with Gasteiger partial charge in [0, 0.05) is 18.8 Å². The minimum atomic E-state index is -0.402. The van der Waals surface area contributed by atoms with Gasteiger partial charge in [0.1, 0.15) is 5.82 Å². The van der Waals surface area contributed by atoms with Crippen LogP contribution in [0.2, 0.25) is 0 Å². The molecule has 6 nitrogen and oxygen atoms in total. The van der Waals surface area contributed by atoms with Gasteiger partial charge in [-0.05, 0) is 38.1 Å². The number of ether oxygens (including phenoxy) is 2. The second-order valence-corrected chi connectivity index (χ2v) is 5.36. The topological polar surface area (TPSA) is 64.5 Å². The van der Waals surface area contributed by atoms with Crippen molar-refractivity contribution in [2.24, 2.45) is 0 Å². The molecule has 7 heteroatoms. The number of fused-ring (bicyclic) bond motifs is 1. The lowest BCUT2D eigenvalue weighted by atomic mass is 10.0. The Bertz CT molecular complexity index is 851. The number of halogens is 1. The largest absolute Gasteiger partial charge is 0.477 e. The summed E-state index contributed by atoms with van der Waals surface area (Å²) in [5.74, 6) is -0.314. The summed E-state index contributed by atoms with van der Waals surface area (Å²) in [5, 5.41) is 0. The van der Waals surface area contributed by atoms with Crippen molar-refractivity contribution in [3.05, 3.63) is 41.3 Å². The molecule has 25 heavy (non-hydrogen) atoms. The highest BCUT2D eigenvalue weighted by atomic mass is 19.1. The second-order valence-electron chi connectivity index (χ2n) is 5.36. The molecule has 0 spiro atoms. The molecule has 1 aliphatic rings. The van der Waals surface area contributed by atoms with Gasteiger partial charge >= 0.3 is 6.01 Å². The predicted octanol–water partition coefficient (Wildman–Crippen LogP) is 2.93. The maximum absolute atomic E-state index is 13.6. The van der Waals surface area contributed by atoms with E-state index in [1.807, 2.05) is 13.8 Å². The zero-order valence-electron chi connectivity index (χ0n) is 14.2. The molecule has 0 bridgehead atoms. The fourth-order valence-electron chi connectivity index (χ4n) is 2.63. The highest BCUT2D eigenvalue weighted by molar-refractivity contribution is 6.35. The molecular formula is C18H18FN3O3. The molecule has 2 heterocycles. The number of amides is 1. The van der Waals surface area contributed by atoms with Crippen molar-refractivity contribution in [2.45, 2.75) is 13.8 Å². The Balaban J connectivity index is 2.09. The monoisotopic (exact) mass is 343 g/mol. The first kappa shape index (κ1) is 16.9. The number of likely N-dealkylation sites (N-methyl/N-ethyl adjacent to an activating group) is 1. The highest BCUT2D eigenvalue weighted by Gasteiger charge is 2.30. The van der Waals surface area contributed by atoms with Crippen molar-refractivity contribution in [1.29, 1.82) is 0 Å². The van der Waals surface area contributed by atoms with Crippen LogP contribution in [-0.4, -0.2) is 36.1 Å². The van der Waals surface area contributed by atoms with Crippen molar-refractivity contribution < 1.29 is 18.7 Å². The summed E-state index contributed by atoms with van der Waals surface area (Å²) < 4.78 is 24.5. The Hall–Kier alpha value is -2.96.